The number of hydrogen-bond acceptors (Lipinski definition) is 4. The van der Waals surface area contributed by atoms with Gasteiger partial charge in [0, 0.05) is 0 Å². The van der Waals surface area contributed by atoms with Crippen LogP contribution in [0.25, 0.3) is 0 Å². The lowest BCUT2D eigenvalue weighted by molar-refractivity contribution is 0.454. The summed E-state index contributed by atoms with van der Waals surface area (Å²) in [6.45, 7) is 0. The molecule has 1 aromatic rings. The van der Waals surface area contributed by atoms with Crippen LogP contribution in [-0.4, -0.2) is 19.4 Å². The van der Waals surface area contributed by atoms with Crippen LogP contribution in [0.5, 0.6) is 0 Å². The first-order chi connectivity index (χ1) is 8.15. The van der Waals surface area contributed by atoms with Crippen molar-refractivity contribution in [2.24, 2.45) is 5.84 Å². The third-order valence-electron chi connectivity index (χ3n) is 3.34. The fraction of sp³-hybridized carbons (Fsp3) is 0.500. The summed E-state index contributed by atoms with van der Waals surface area (Å²) in [5.74, 6) is 5.82. The molecule has 4 nitrogen and oxygen atoms in total. The normalized spacial score (nSPS) is 25.4. The van der Waals surface area contributed by atoms with Gasteiger partial charge in [-0.1, -0.05) is 36.8 Å². The van der Waals surface area contributed by atoms with Gasteiger partial charge in [-0.05, 0) is 18.4 Å². The molecule has 0 bridgehead atoms. The minimum atomic E-state index is -3.03. The Morgan fingerprint density at radius 3 is 2.53 bits per heavy atom. The highest BCUT2D eigenvalue weighted by molar-refractivity contribution is 7.92. The minimum absolute atomic E-state index is 0.280. The maximum atomic E-state index is 12.1. The summed E-state index contributed by atoms with van der Waals surface area (Å²) in [4.78, 5) is 0. The Kier molecular flexibility index (Phi) is 3.81. The van der Waals surface area contributed by atoms with Gasteiger partial charge in [-0.15, -0.1) is 0 Å². The number of hydrogen-bond donors (Lipinski definition) is 2. The summed E-state index contributed by atoms with van der Waals surface area (Å²) in [7, 11) is -3.03. The van der Waals surface area contributed by atoms with Gasteiger partial charge in [-0.2, -0.15) is 0 Å². The summed E-state index contributed by atoms with van der Waals surface area (Å²) in [6, 6.07) is 9.22. The van der Waals surface area contributed by atoms with E-state index in [1.807, 2.05) is 30.3 Å². The van der Waals surface area contributed by atoms with Crippen molar-refractivity contribution in [3.05, 3.63) is 35.9 Å². The van der Waals surface area contributed by atoms with E-state index in [9.17, 15) is 8.42 Å². The van der Waals surface area contributed by atoms with Gasteiger partial charge in [0.15, 0.2) is 9.84 Å². The Morgan fingerprint density at radius 1 is 1.24 bits per heavy atom. The zero-order valence-corrected chi connectivity index (χ0v) is 10.5. The predicted octanol–water partition coefficient (Wildman–Crippen LogP) is 1.16. The average Bonchev–Trinajstić information content (AvgIpc) is 2.33. The molecular formula is C12H18N2O2S. The molecule has 0 aromatic heterocycles. The summed E-state index contributed by atoms with van der Waals surface area (Å²) in [5, 5.41) is -0.399. The third kappa shape index (κ3) is 2.68. The number of sulfone groups is 1. The van der Waals surface area contributed by atoms with Crippen LogP contribution in [0.2, 0.25) is 0 Å². The van der Waals surface area contributed by atoms with Gasteiger partial charge < -0.3 is 0 Å². The number of rotatable bonds is 3. The van der Waals surface area contributed by atoms with Crippen molar-refractivity contribution < 1.29 is 8.42 Å². The summed E-state index contributed by atoms with van der Waals surface area (Å²) in [6.07, 6.45) is 2.41. The average molecular weight is 254 g/mol. The largest absolute Gasteiger partial charge is 0.271 e. The maximum absolute atomic E-state index is 12.1. The van der Waals surface area contributed by atoms with Crippen LogP contribution in [-0.2, 0) is 9.84 Å². The predicted molar refractivity (Wildman–Crippen MR) is 67.9 cm³/mol. The molecule has 1 saturated heterocycles. The van der Waals surface area contributed by atoms with Gasteiger partial charge in [0.1, 0.15) is 0 Å². The van der Waals surface area contributed by atoms with E-state index in [1.165, 1.54) is 0 Å². The van der Waals surface area contributed by atoms with Crippen LogP contribution in [0.1, 0.15) is 30.9 Å². The van der Waals surface area contributed by atoms with Crippen LogP contribution in [0.3, 0.4) is 0 Å². The highest BCUT2D eigenvalue weighted by Crippen LogP contribution is 2.30. The van der Waals surface area contributed by atoms with E-state index in [1.54, 1.807) is 0 Å². The Labute approximate surface area is 102 Å². The number of hydrazine groups is 1. The van der Waals surface area contributed by atoms with Gasteiger partial charge in [0.05, 0.1) is 17.0 Å². The van der Waals surface area contributed by atoms with Crippen molar-refractivity contribution in [1.29, 1.82) is 0 Å². The van der Waals surface area contributed by atoms with E-state index >= 15 is 0 Å². The van der Waals surface area contributed by atoms with Crippen molar-refractivity contribution in [1.82, 2.24) is 5.43 Å². The van der Waals surface area contributed by atoms with Crippen LogP contribution in [0.15, 0.2) is 30.3 Å². The van der Waals surface area contributed by atoms with Gasteiger partial charge in [0.2, 0.25) is 0 Å². The third-order valence-corrected chi connectivity index (χ3v) is 5.63. The second-order valence-corrected chi connectivity index (χ2v) is 6.80. The Balaban J connectivity index is 2.30. The highest BCUT2D eigenvalue weighted by Gasteiger charge is 2.35. The molecule has 3 N–H and O–H groups in total. The smallest absolute Gasteiger partial charge is 0.155 e. The highest BCUT2D eigenvalue weighted by atomic mass is 32.2. The van der Waals surface area contributed by atoms with Crippen molar-refractivity contribution in [2.75, 3.05) is 5.75 Å². The molecule has 17 heavy (non-hydrogen) atoms. The first-order valence-corrected chi connectivity index (χ1v) is 7.59. The van der Waals surface area contributed by atoms with Crippen LogP contribution in [0.4, 0.5) is 0 Å². The lowest BCUT2D eigenvalue weighted by Gasteiger charge is -2.29. The second kappa shape index (κ2) is 5.16. The second-order valence-electron chi connectivity index (χ2n) is 4.46. The summed E-state index contributed by atoms with van der Waals surface area (Å²) < 4.78 is 24.1. The monoisotopic (exact) mass is 254 g/mol. The van der Waals surface area contributed by atoms with Crippen LogP contribution >= 0.6 is 0 Å². The first kappa shape index (κ1) is 12.5. The van der Waals surface area contributed by atoms with Crippen molar-refractivity contribution in [3.63, 3.8) is 0 Å². The first-order valence-electron chi connectivity index (χ1n) is 5.88. The van der Waals surface area contributed by atoms with E-state index in [-0.39, 0.29) is 11.8 Å². The molecule has 94 valence electrons. The molecule has 1 aromatic carbocycles. The molecule has 2 atom stereocenters. The summed E-state index contributed by atoms with van der Waals surface area (Å²) >= 11 is 0. The molecule has 2 unspecified atom stereocenters. The molecule has 1 aliphatic heterocycles. The van der Waals surface area contributed by atoms with Gasteiger partial charge in [-0.3, -0.25) is 11.3 Å². The van der Waals surface area contributed by atoms with Gasteiger partial charge >= 0.3 is 0 Å². The van der Waals surface area contributed by atoms with E-state index in [2.05, 4.69) is 5.43 Å². The molecule has 2 rings (SSSR count). The molecule has 0 aliphatic carbocycles. The van der Waals surface area contributed by atoms with Crippen molar-refractivity contribution in [3.8, 4) is 0 Å². The van der Waals surface area contributed by atoms with Crippen LogP contribution < -0.4 is 11.3 Å². The SMILES string of the molecule is NNC(c1ccccc1)C1CCCCS1(=O)=O. The molecule has 1 fully saturated rings. The molecule has 0 spiro atoms. The lowest BCUT2D eigenvalue weighted by atomic mass is 10.0. The van der Waals surface area contributed by atoms with E-state index < -0.39 is 15.1 Å². The minimum Gasteiger partial charge on any atom is -0.271 e. The van der Waals surface area contributed by atoms with Crippen LogP contribution in [0, 0.1) is 0 Å². The lowest BCUT2D eigenvalue weighted by Crippen LogP contribution is -2.43. The van der Waals surface area contributed by atoms with Gasteiger partial charge in [-0.25, -0.2) is 8.42 Å². The Morgan fingerprint density at radius 2 is 1.94 bits per heavy atom. The zero-order chi connectivity index (χ0) is 12.3. The topological polar surface area (TPSA) is 72.2 Å². The number of nitrogens with two attached hydrogens (primary N) is 1. The van der Waals surface area contributed by atoms with Gasteiger partial charge in [0.25, 0.3) is 0 Å². The molecule has 0 amide bonds. The summed E-state index contributed by atoms with van der Waals surface area (Å²) in [5.41, 5.74) is 3.60. The van der Waals surface area contributed by atoms with Crippen molar-refractivity contribution in [2.45, 2.75) is 30.6 Å². The molecule has 1 aliphatic rings. The molecular weight excluding hydrogens is 236 g/mol. The fourth-order valence-electron chi connectivity index (χ4n) is 2.43. The number of benzene rings is 1. The Bertz CT molecular complexity index is 459. The molecule has 1 heterocycles. The molecule has 0 radical (unpaired) electrons. The van der Waals surface area contributed by atoms with E-state index in [0.29, 0.717) is 6.42 Å². The quantitative estimate of drug-likeness (QED) is 0.627. The van der Waals surface area contributed by atoms with E-state index in [0.717, 1.165) is 18.4 Å². The standard InChI is InChI=1S/C12H18N2O2S/c13-14-12(10-6-2-1-3-7-10)11-8-4-5-9-17(11,15)16/h1-3,6-7,11-12,14H,4-5,8-9,13H2. The van der Waals surface area contributed by atoms with E-state index in [4.69, 9.17) is 5.84 Å². The maximum Gasteiger partial charge on any atom is 0.155 e. The Hall–Kier alpha value is -0.910. The molecule has 0 saturated carbocycles. The van der Waals surface area contributed by atoms with Crippen molar-refractivity contribution >= 4 is 9.84 Å². The molecule has 5 heteroatoms. The zero-order valence-electron chi connectivity index (χ0n) is 9.67. The number of nitrogens with one attached hydrogen (secondary N) is 1. The fourth-order valence-corrected chi connectivity index (χ4v) is 4.52.